The van der Waals surface area contributed by atoms with Gasteiger partial charge >= 0.3 is 0 Å². The van der Waals surface area contributed by atoms with E-state index in [1.54, 1.807) is 12.3 Å². The number of nitrogens with zero attached hydrogens (tertiary/aromatic N) is 1. The van der Waals surface area contributed by atoms with Gasteiger partial charge in [-0.3, -0.25) is 0 Å². The Morgan fingerprint density at radius 2 is 2.19 bits per heavy atom. The van der Waals surface area contributed by atoms with Crippen LogP contribution >= 0.6 is 11.8 Å². The average Bonchev–Trinajstić information content (AvgIpc) is 3.00. The Balaban J connectivity index is 1.73. The topological polar surface area (TPSA) is 63.1 Å². The van der Waals surface area contributed by atoms with Crippen molar-refractivity contribution in [2.45, 2.75) is 36.7 Å². The van der Waals surface area contributed by atoms with Crippen molar-refractivity contribution in [2.75, 3.05) is 25.1 Å². The summed E-state index contributed by atoms with van der Waals surface area (Å²) in [6, 6.07) is 2.30. The van der Waals surface area contributed by atoms with Gasteiger partial charge < -0.3 is 9.88 Å². The van der Waals surface area contributed by atoms with E-state index in [-0.39, 0.29) is 0 Å². The Morgan fingerprint density at radius 1 is 1.38 bits per heavy atom. The molecule has 0 radical (unpaired) electrons. The Morgan fingerprint density at radius 3 is 2.81 bits per heavy atom. The summed E-state index contributed by atoms with van der Waals surface area (Å²) in [6.45, 7) is 1.26. The molecule has 21 heavy (non-hydrogen) atoms. The first-order valence-electron chi connectivity index (χ1n) is 7.53. The van der Waals surface area contributed by atoms with Crippen molar-refractivity contribution in [1.29, 1.82) is 0 Å². The summed E-state index contributed by atoms with van der Waals surface area (Å²) < 4.78 is 29.8. The van der Waals surface area contributed by atoms with Crippen LogP contribution in [0.3, 0.4) is 0 Å². The molecule has 2 N–H and O–H groups in total. The number of nitrogens with one attached hydrogen (secondary N) is 2. The third-order valence-electron chi connectivity index (χ3n) is 4.10. The summed E-state index contributed by atoms with van der Waals surface area (Å²) in [4.78, 5) is 0.408. The van der Waals surface area contributed by atoms with E-state index < -0.39 is 10.0 Å². The standard InChI is InChI=1S/C14H23N3O2S2/c1-15-8-13-6-14(9-17(13)12-2-3-12)21(18,19)16-7-11-4-5-20-10-11/h6,9,11-12,15-16H,2-5,7-8,10H2,1H3. The molecule has 1 aliphatic heterocycles. The van der Waals surface area contributed by atoms with Crippen LogP contribution in [-0.4, -0.2) is 38.1 Å². The molecule has 1 saturated heterocycles. The molecule has 1 atom stereocenters. The summed E-state index contributed by atoms with van der Waals surface area (Å²) in [5.74, 6) is 2.69. The molecular weight excluding hydrogens is 306 g/mol. The van der Waals surface area contributed by atoms with Crippen LogP contribution in [-0.2, 0) is 16.6 Å². The SMILES string of the molecule is CNCc1cc(S(=O)(=O)NCC2CCSC2)cn1C1CC1. The molecule has 1 saturated carbocycles. The van der Waals surface area contributed by atoms with Crippen molar-refractivity contribution in [3.63, 3.8) is 0 Å². The van der Waals surface area contributed by atoms with Crippen molar-refractivity contribution in [2.24, 2.45) is 5.92 Å². The lowest BCUT2D eigenvalue weighted by Gasteiger charge is -2.09. The maximum Gasteiger partial charge on any atom is 0.242 e. The molecule has 0 bridgehead atoms. The zero-order valence-electron chi connectivity index (χ0n) is 12.3. The molecule has 0 aromatic carbocycles. The van der Waals surface area contributed by atoms with Crippen LogP contribution in [0.1, 0.15) is 31.0 Å². The molecule has 7 heteroatoms. The first-order valence-corrected chi connectivity index (χ1v) is 10.2. The molecule has 5 nitrogen and oxygen atoms in total. The second-order valence-electron chi connectivity index (χ2n) is 5.92. The minimum atomic E-state index is -3.38. The highest BCUT2D eigenvalue weighted by molar-refractivity contribution is 7.99. The smallest absolute Gasteiger partial charge is 0.242 e. The Labute approximate surface area is 130 Å². The Kier molecular flexibility index (Phi) is 4.63. The van der Waals surface area contributed by atoms with E-state index in [0.29, 0.717) is 29.9 Å². The third-order valence-corrected chi connectivity index (χ3v) is 6.72. The van der Waals surface area contributed by atoms with Gasteiger partial charge in [0, 0.05) is 31.0 Å². The van der Waals surface area contributed by atoms with Crippen molar-refractivity contribution in [3.8, 4) is 0 Å². The molecular formula is C14H23N3O2S2. The molecule has 1 unspecified atom stereocenters. The van der Waals surface area contributed by atoms with Gasteiger partial charge in [0.2, 0.25) is 10.0 Å². The first-order chi connectivity index (χ1) is 10.1. The lowest BCUT2D eigenvalue weighted by Crippen LogP contribution is -2.29. The lowest BCUT2D eigenvalue weighted by molar-refractivity contribution is 0.545. The van der Waals surface area contributed by atoms with Crippen molar-refractivity contribution in [3.05, 3.63) is 18.0 Å². The van der Waals surface area contributed by atoms with E-state index >= 15 is 0 Å². The van der Waals surface area contributed by atoms with E-state index in [9.17, 15) is 8.42 Å². The van der Waals surface area contributed by atoms with Crippen LogP contribution in [0, 0.1) is 5.92 Å². The molecule has 2 heterocycles. The molecule has 1 aromatic rings. The van der Waals surface area contributed by atoms with Crippen LogP contribution in [0.2, 0.25) is 0 Å². The fourth-order valence-corrected chi connectivity index (χ4v) is 5.16. The quantitative estimate of drug-likeness (QED) is 0.797. The molecule has 0 spiro atoms. The highest BCUT2D eigenvalue weighted by Gasteiger charge is 2.28. The second-order valence-corrected chi connectivity index (χ2v) is 8.83. The van der Waals surface area contributed by atoms with Gasteiger partial charge in [0.05, 0.1) is 4.90 Å². The van der Waals surface area contributed by atoms with Gasteiger partial charge in [0.25, 0.3) is 0 Å². The summed E-state index contributed by atoms with van der Waals surface area (Å²) in [5, 5.41) is 3.11. The van der Waals surface area contributed by atoms with E-state index in [4.69, 9.17) is 0 Å². The predicted octanol–water partition coefficient (Wildman–Crippen LogP) is 1.57. The zero-order chi connectivity index (χ0) is 14.9. The van der Waals surface area contributed by atoms with Gasteiger partial charge in [0.1, 0.15) is 0 Å². The van der Waals surface area contributed by atoms with Crippen LogP contribution in [0.5, 0.6) is 0 Å². The molecule has 0 amide bonds. The normalized spacial score (nSPS) is 22.8. The number of rotatable bonds is 7. The molecule has 118 valence electrons. The van der Waals surface area contributed by atoms with Crippen molar-refractivity contribution < 1.29 is 8.42 Å². The number of thioether (sulfide) groups is 1. The summed E-state index contributed by atoms with van der Waals surface area (Å²) in [5.41, 5.74) is 1.05. The predicted molar refractivity (Wildman–Crippen MR) is 86.1 cm³/mol. The minimum Gasteiger partial charge on any atom is -0.346 e. The Bertz CT molecular complexity index is 587. The van der Waals surface area contributed by atoms with Crippen LogP contribution in [0.25, 0.3) is 0 Å². The molecule has 1 aromatic heterocycles. The fourth-order valence-electron chi connectivity index (χ4n) is 2.71. The maximum atomic E-state index is 12.5. The third kappa shape index (κ3) is 3.64. The van der Waals surface area contributed by atoms with E-state index in [2.05, 4.69) is 14.6 Å². The average molecular weight is 329 g/mol. The summed E-state index contributed by atoms with van der Waals surface area (Å²) >= 11 is 1.91. The Hall–Kier alpha value is -0.500. The van der Waals surface area contributed by atoms with E-state index in [0.717, 1.165) is 36.5 Å². The highest BCUT2D eigenvalue weighted by Crippen LogP contribution is 2.37. The molecule has 1 aliphatic carbocycles. The highest BCUT2D eigenvalue weighted by atomic mass is 32.2. The lowest BCUT2D eigenvalue weighted by atomic mass is 10.1. The number of aromatic nitrogens is 1. The minimum absolute atomic E-state index is 0.408. The first kappa shape index (κ1) is 15.4. The second kappa shape index (κ2) is 6.32. The van der Waals surface area contributed by atoms with Crippen molar-refractivity contribution >= 4 is 21.8 Å². The van der Waals surface area contributed by atoms with Crippen molar-refractivity contribution in [1.82, 2.24) is 14.6 Å². The van der Waals surface area contributed by atoms with Crippen LogP contribution < -0.4 is 10.0 Å². The molecule has 2 fully saturated rings. The van der Waals surface area contributed by atoms with Gasteiger partial charge in [0.15, 0.2) is 0 Å². The molecule has 2 aliphatic rings. The van der Waals surface area contributed by atoms with Crippen LogP contribution in [0.15, 0.2) is 17.2 Å². The van der Waals surface area contributed by atoms with Crippen LogP contribution in [0.4, 0.5) is 0 Å². The zero-order valence-corrected chi connectivity index (χ0v) is 14.0. The molecule has 3 rings (SSSR count). The van der Waals surface area contributed by atoms with Gasteiger partial charge in [-0.1, -0.05) is 0 Å². The number of hydrogen-bond acceptors (Lipinski definition) is 4. The number of sulfonamides is 1. The van der Waals surface area contributed by atoms with E-state index in [1.165, 1.54) is 0 Å². The van der Waals surface area contributed by atoms with E-state index in [1.807, 2.05) is 18.8 Å². The summed E-state index contributed by atoms with van der Waals surface area (Å²) in [6.07, 6.45) is 5.21. The monoisotopic (exact) mass is 329 g/mol. The largest absolute Gasteiger partial charge is 0.346 e. The maximum absolute atomic E-state index is 12.5. The van der Waals surface area contributed by atoms with Gasteiger partial charge in [-0.25, -0.2) is 13.1 Å². The van der Waals surface area contributed by atoms with Gasteiger partial charge in [-0.15, -0.1) is 0 Å². The van der Waals surface area contributed by atoms with Gasteiger partial charge in [-0.05, 0) is 49.8 Å². The fraction of sp³-hybridized carbons (Fsp3) is 0.714. The van der Waals surface area contributed by atoms with Gasteiger partial charge in [-0.2, -0.15) is 11.8 Å². The summed E-state index contributed by atoms with van der Waals surface area (Å²) in [7, 11) is -1.50. The number of hydrogen-bond donors (Lipinski definition) is 2.